The summed E-state index contributed by atoms with van der Waals surface area (Å²) in [5.74, 6) is 1.04. The fourth-order valence-corrected chi connectivity index (χ4v) is 3.25. The Kier molecular flexibility index (Phi) is 4.85. The molecule has 1 amide bonds. The summed E-state index contributed by atoms with van der Waals surface area (Å²) < 4.78 is 0. The van der Waals surface area contributed by atoms with Crippen molar-refractivity contribution in [1.29, 1.82) is 0 Å². The van der Waals surface area contributed by atoms with Crippen molar-refractivity contribution in [3.63, 3.8) is 0 Å². The number of nitrogens with two attached hydrogens (primary N) is 1. The Labute approximate surface area is 142 Å². The first-order valence-electron chi connectivity index (χ1n) is 8.39. The van der Waals surface area contributed by atoms with Crippen LogP contribution in [-0.4, -0.2) is 51.9 Å². The second-order valence-electron chi connectivity index (χ2n) is 6.54. The summed E-state index contributed by atoms with van der Waals surface area (Å²) in [6.07, 6.45) is 3.94. The van der Waals surface area contributed by atoms with Crippen LogP contribution < -0.4 is 5.73 Å². The molecule has 2 aromatic rings. The zero-order chi connectivity index (χ0) is 17.1. The van der Waals surface area contributed by atoms with Gasteiger partial charge in [-0.25, -0.2) is 4.98 Å². The largest absolute Gasteiger partial charge is 0.399 e. The van der Waals surface area contributed by atoms with Crippen LogP contribution in [0.4, 0.5) is 5.69 Å². The van der Waals surface area contributed by atoms with Gasteiger partial charge in [0.1, 0.15) is 5.82 Å². The maximum atomic E-state index is 12.5. The number of piperidine rings is 1. The molecule has 128 valence electrons. The van der Waals surface area contributed by atoms with Gasteiger partial charge in [-0.2, -0.15) is 0 Å². The molecule has 1 fully saturated rings. The van der Waals surface area contributed by atoms with Crippen LogP contribution in [0.5, 0.6) is 0 Å². The van der Waals surface area contributed by atoms with E-state index >= 15 is 0 Å². The van der Waals surface area contributed by atoms with Crippen molar-refractivity contribution in [2.75, 3.05) is 25.9 Å². The number of aromatic amines is 1. The number of anilines is 1. The fourth-order valence-electron chi connectivity index (χ4n) is 3.25. The average molecular weight is 327 g/mol. The van der Waals surface area contributed by atoms with Crippen LogP contribution in [0.1, 0.15) is 34.7 Å². The minimum atomic E-state index is 0.0963. The van der Waals surface area contributed by atoms with Gasteiger partial charge < -0.3 is 15.6 Å². The van der Waals surface area contributed by atoms with Crippen molar-refractivity contribution < 1.29 is 4.79 Å². The number of benzene rings is 1. The molecule has 3 N–H and O–H groups in total. The molecule has 6 heteroatoms. The van der Waals surface area contributed by atoms with Crippen molar-refractivity contribution in [3.8, 4) is 0 Å². The molecular weight excluding hydrogens is 302 g/mol. The van der Waals surface area contributed by atoms with Crippen molar-refractivity contribution >= 4 is 11.6 Å². The molecule has 0 spiro atoms. The number of H-pyrrole nitrogens is 1. The van der Waals surface area contributed by atoms with E-state index in [1.165, 1.54) is 0 Å². The molecule has 0 aliphatic carbocycles. The van der Waals surface area contributed by atoms with Crippen LogP contribution in [0, 0.1) is 6.92 Å². The Hall–Kier alpha value is -2.34. The predicted molar refractivity (Wildman–Crippen MR) is 94.6 cm³/mol. The Morgan fingerprint density at radius 1 is 1.33 bits per heavy atom. The van der Waals surface area contributed by atoms with Crippen LogP contribution >= 0.6 is 0 Å². The Morgan fingerprint density at radius 2 is 2.00 bits per heavy atom. The second-order valence-corrected chi connectivity index (χ2v) is 6.54. The Balaban J connectivity index is 1.53. The third kappa shape index (κ3) is 3.76. The third-order valence-electron chi connectivity index (χ3n) is 4.70. The highest BCUT2D eigenvalue weighted by Gasteiger charge is 2.26. The van der Waals surface area contributed by atoms with Crippen molar-refractivity contribution in [2.45, 2.75) is 32.4 Å². The standard InChI is InChI=1S/C18H25N5O/c1-13-20-11-16(21-13)12-22(2)17-7-9-23(10-8-17)18(24)14-3-5-15(19)6-4-14/h3-6,11,17H,7-10,12,19H2,1-2H3,(H,20,21). The third-order valence-corrected chi connectivity index (χ3v) is 4.70. The number of amides is 1. The minimum absolute atomic E-state index is 0.0963. The SMILES string of the molecule is Cc1nc(CN(C)C2CCN(C(=O)c3ccc(N)cc3)CC2)c[nH]1. The molecule has 2 heterocycles. The average Bonchev–Trinajstić information content (AvgIpc) is 3.00. The molecule has 24 heavy (non-hydrogen) atoms. The highest BCUT2D eigenvalue weighted by atomic mass is 16.2. The van der Waals surface area contributed by atoms with E-state index in [-0.39, 0.29) is 5.91 Å². The molecule has 1 aromatic heterocycles. The van der Waals surface area contributed by atoms with Gasteiger partial charge in [0.2, 0.25) is 0 Å². The molecule has 0 unspecified atom stereocenters. The van der Waals surface area contributed by atoms with Gasteiger partial charge in [0.05, 0.1) is 5.69 Å². The first kappa shape index (κ1) is 16.5. The molecule has 0 saturated carbocycles. The summed E-state index contributed by atoms with van der Waals surface area (Å²) in [7, 11) is 2.13. The zero-order valence-electron chi connectivity index (χ0n) is 14.3. The topological polar surface area (TPSA) is 78.2 Å². The van der Waals surface area contributed by atoms with E-state index in [0.29, 0.717) is 17.3 Å². The van der Waals surface area contributed by atoms with Gasteiger partial charge in [0, 0.05) is 43.1 Å². The quantitative estimate of drug-likeness (QED) is 0.842. The summed E-state index contributed by atoms with van der Waals surface area (Å²) in [6.45, 7) is 4.38. The van der Waals surface area contributed by atoms with Gasteiger partial charge in [0.25, 0.3) is 5.91 Å². The molecule has 1 saturated heterocycles. The van der Waals surface area contributed by atoms with E-state index in [4.69, 9.17) is 5.73 Å². The number of carbonyl (C=O) groups excluding carboxylic acids is 1. The lowest BCUT2D eigenvalue weighted by Crippen LogP contribution is -2.45. The smallest absolute Gasteiger partial charge is 0.253 e. The molecule has 1 aliphatic rings. The van der Waals surface area contributed by atoms with E-state index < -0.39 is 0 Å². The lowest BCUT2D eigenvalue weighted by atomic mass is 10.0. The van der Waals surface area contributed by atoms with E-state index in [1.54, 1.807) is 24.3 Å². The second kappa shape index (κ2) is 7.05. The van der Waals surface area contributed by atoms with Gasteiger partial charge in [-0.1, -0.05) is 0 Å². The number of hydrogen-bond donors (Lipinski definition) is 2. The predicted octanol–water partition coefficient (Wildman–Crippen LogP) is 2.04. The van der Waals surface area contributed by atoms with E-state index in [1.807, 2.05) is 18.0 Å². The van der Waals surface area contributed by atoms with Crippen LogP contribution in [0.2, 0.25) is 0 Å². The van der Waals surface area contributed by atoms with Crippen molar-refractivity contribution in [1.82, 2.24) is 19.8 Å². The van der Waals surface area contributed by atoms with Crippen LogP contribution in [0.3, 0.4) is 0 Å². The molecule has 6 nitrogen and oxygen atoms in total. The highest BCUT2D eigenvalue weighted by molar-refractivity contribution is 5.94. The van der Waals surface area contributed by atoms with Crippen LogP contribution in [-0.2, 0) is 6.54 Å². The van der Waals surface area contributed by atoms with Gasteiger partial charge in [0.15, 0.2) is 0 Å². The number of rotatable bonds is 4. The van der Waals surface area contributed by atoms with E-state index in [9.17, 15) is 4.79 Å². The van der Waals surface area contributed by atoms with Gasteiger partial charge in [-0.3, -0.25) is 9.69 Å². The number of imidazole rings is 1. The van der Waals surface area contributed by atoms with E-state index in [2.05, 4.69) is 21.9 Å². The summed E-state index contributed by atoms with van der Waals surface area (Å²) in [5.41, 5.74) is 8.14. The number of aromatic nitrogens is 2. The molecule has 0 bridgehead atoms. The number of carbonyl (C=O) groups is 1. The first-order valence-corrected chi connectivity index (χ1v) is 8.39. The van der Waals surface area contributed by atoms with Gasteiger partial charge >= 0.3 is 0 Å². The summed E-state index contributed by atoms with van der Waals surface area (Å²) in [5, 5.41) is 0. The monoisotopic (exact) mass is 327 g/mol. The molecule has 1 aliphatic heterocycles. The van der Waals surface area contributed by atoms with Gasteiger partial charge in [-0.05, 0) is 51.1 Å². The summed E-state index contributed by atoms with van der Waals surface area (Å²) in [6, 6.07) is 7.64. The fraction of sp³-hybridized carbons (Fsp3) is 0.444. The van der Waals surface area contributed by atoms with Crippen molar-refractivity contribution in [3.05, 3.63) is 47.5 Å². The minimum Gasteiger partial charge on any atom is -0.399 e. The maximum absolute atomic E-state index is 12.5. The Morgan fingerprint density at radius 3 is 2.58 bits per heavy atom. The molecular formula is C18H25N5O. The molecule has 0 radical (unpaired) electrons. The lowest BCUT2D eigenvalue weighted by molar-refractivity contribution is 0.0638. The van der Waals surface area contributed by atoms with Crippen LogP contribution in [0.25, 0.3) is 0 Å². The number of hydrogen-bond acceptors (Lipinski definition) is 4. The first-order chi connectivity index (χ1) is 11.5. The summed E-state index contributed by atoms with van der Waals surface area (Å²) >= 11 is 0. The van der Waals surface area contributed by atoms with Gasteiger partial charge in [-0.15, -0.1) is 0 Å². The zero-order valence-corrected chi connectivity index (χ0v) is 14.3. The van der Waals surface area contributed by atoms with Crippen molar-refractivity contribution in [2.24, 2.45) is 0 Å². The van der Waals surface area contributed by atoms with E-state index in [0.717, 1.165) is 44.0 Å². The number of aryl methyl sites for hydroxylation is 1. The number of nitrogens with zero attached hydrogens (tertiary/aromatic N) is 3. The number of nitrogens with one attached hydrogen (secondary N) is 1. The Bertz CT molecular complexity index is 686. The normalized spacial score (nSPS) is 15.9. The highest BCUT2D eigenvalue weighted by Crippen LogP contribution is 2.19. The lowest BCUT2D eigenvalue weighted by Gasteiger charge is -2.36. The molecule has 0 atom stereocenters. The number of likely N-dealkylation sites (tertiary alicyclic amines) is 1. The molecule has 1 aromatic carbocycles. The summed E-state index contributed by atoms with van der Waals surface area (Å²) in [4.78, 5) is 24.4. The van der Waals surface area contributed by atoms with Crippen LogP contribution in [0.15, 0.2) is 30.5 Å². The molecule has 3 rings (SSSR count). The maximum Gasteiger partial charge on any atom is 0.253 e. The number of nitrogen functional groups attached to an aromatic ring is 1.